The molecule has 0 unspecified atom stereocenters. The van der Waals surface area contributed by atoms with E-state index >= 15 is 0 Å². The maximum Gasteiger partial charge on any atom is 0.253 e. The average Bonchev–Trinajstić information content (AvgIpc) is 2.69. The molecule has 1 aliphatic heterocycles. The number of hydrogen-bond acceptors (Lipinski definition) is 2. The molecule has 1 fully saturated rings. The molecule has 3 nitrogen and oxygen atoms in total. The van der Waals surface area contributed by atoms with Crippen LogP contribution in [0.5, 0.6) is 0 Å². The summed E-state index contributed by atoms with van der Waals surface area (Å²) in [7, 11) is 0. The number of carbonyl (C=O) groups is 1. The predicted octanol–water partition coefficient (Wildman–Crippen LogP) is 3.94. The minimum absolute atomic E-state index is 0.151. The van der Waals surface area contributed by atoms with Crippen molar-refractivity contribution in [1.29, 1.82) is 0 Å². The molecule has 0 radical (unpaired) electrons. The molecule has 0 atom stereocenters. The molecule has 0 bridgehead atoms. The molecule has 0 aliphatic carbocycles. The number of amides is 1. The zero-order chi connectivity index (χ0) is 17.5. The fourth-order valence-electron chi connectivity index (χ4n) is 3.27. The molecule has 1 heterocycles. The molecule has 2 aromatic carbocycles. The second-order valence-electron chi connectivity index (χ2n) is 6.57. The van der Waals surface area contributed by atoms with E-state index < -0.39 is 0 Å². The van der Waals surface area contributed by atoms with Crippen LogP contribution in [0.15, 0.2) is 67.2 Å². The number of nitrogens with zero attached hydrogens (tertiary/aromatic N) is 2. The molecule has 0 N–H and O–H groups in total. The maximum atomic E-state index is 12.5. The molecule has 2 aromatic rings. The highest BCUT2D eigenvalue weighted by Crippen LogP contribution is 2.18. The molecule has 130 valence electrons. The number of benzene rings is 2. The highest BCUT2D eigenvalue weighted by Gasteiger charge is 2.21. The van der Waals surface area contributed by atoms with E-state index in [4.69, 9.17) is 0 Å². The molecular formula is C22H26N2O. The molecule has 0 aromatic heterocycles. The van der Waals surface area contributed by atoms with Gasteiger partial charge in [-0.25, -0.2) is 0 Å². The largest absolute Gasteiger partial charge is 0.336 e. The van der Waals surface area contributed by atoms with Crippen LogP contribution < -0.4 is 0 Å². The first-order chi connectivity index (χ1) is 12.2. The minimum atomic E-state index is 0.151. The van der Waals surface area contributed by atoms with Crippen molar-refractivity contribution in [1.82, 2.24) is 9.80 Å². The monoisotopic (exact) mass is 334 g/mol. The predicted molar refractivity (Wildman–Crippen MR) is 103 cm³/mol. The summed E-state index contributed by atoms with van der Waals surface area (Å²) < 4.78 is 0. The number of piperazine rings is 1. The lowest BCUT2D eigenvalue weighted by atomic mass is 10.0. The third kappa shape index (κ3) is 4.80. The van der Waals surface area contributed by atoms with Gasteiger partial charge in [-0.3, -0.25) is 9.69 Å². The summed E-state index contributed by atoms with van der Waals surface area (Å²) in [5.74, 6) is 0.151. The number of rotatable bonds is 6. The van der Waals surface area contributed by atoms with Crippen molar-refractivity contribution in [2.75, 3.05) is 32.7 Å². The van der Waals surface area contributed by atoms with Crippen LogP contribution in [-0.2, 0) is 0 Å². The van der Waals surface area contributed by atoms with Crippen LogP contribution in [-0.4, -0.2) is 48.4 Å². The third-order valence-electron chi connectivity index (χ3n) is 4.82. The van der Waals surface area contributed by atoms with Crippen molar-refractivity contribution in [3.8, 4) is 0 Å². The molecule has 0 spiro atoms. The number of hydrogen-bond donors (Lipinski definition) is 0. The second-order valence-corrected chi connectivity index (χ2v) is 6.57. The first-order valence-corrected chi connectivity index (χ1v) is 9.04. The topological polar surface area (TPSA) is 23.6 Å². The van der Waals surface area contributed by atoms with Crippen molar-refractivity contribution in [3.05, 3.63) is 78.4 Å². The van der Waals surface area contributed by atoms with E-state index in [1.807, 2.05) is 41.3 Å². The maximum absolute atomic E-state index is 12.5. The fourth-order valence-corrected chi connectivity index (χ4v) is 3.27. The Morgan fingerprint density at radius 1 is 0.840 bits per heavy atom. The van der Waals surface area contributed by atoms with Gasteiger partial charge in [-0.1, -0.05) is 55.1 Å². The van der Waals surface area contributed by atoms with E-state index in [9.17, 15) is 4.79 Å². The van der Waals surface area contributed by atoms with Crippen molar-refractivity contribution >= 4 is 11.5 Å². The molecule has 3 rings (SSSR count). The Balaban J connectivity index is 1.39. The van der Waals surface area contributed by atoms with Gasteiger partial charge in [0.05, 0.1) is 0 Å². The van der Waals surface area contributed by atoms with Gasteiger partial charge in [0.25, 0.3) is 5.91 Å². The molecule has 3 heteroatoms. The molecule has 1 amide bonds. The van der Waals surface area contributed by atoms with Gasteiger partial charge in [0.1, 0.15) is 0 Å². The lowest BCUT2D eigenvalue weighted by Crippen LogP contribution is -2.48. The van der Waals surface area contributed by atoms with E-state index in [0.717, 1.165) is 51.1 Å². The van der Waals surface area contributed by atoms with Crippen LogP contribution in [0.4, 0.5) is 0 Å². The molecule has 25 heavy (non-hydrogen) atoms. The van der Waals surface area contributed by atoms with Gasteiger partial charge in [0, 0.05) is 31.7 Å². The molecule has 0 saturated carbocycles. The van der Waals surface area contributed by atoms with E-state index in [1.165, 1.54) is 11.1 Å². The van der Waals surface area contributed by atoms with Crippen LogP contribution >= 0.6 is 0 Å². The Morgan fingerprint density at radius 3 is 2.00 bits per heavy atom. The second kappa shape index (κ2) is 8.63. The lowest BCUT2D eigenvalue weighted by Gasteiger charge is -2.34. The Labute approximate surface area is 150 Å². The van der Waals surface area contributed by atoms with Gasteiger partial charge in [-0.05, 0) is 42.7 Å². The SMILES string of the molecule is C=C(CCCN1CCN(C(=O)c2ccccc2)CC1)c1ccccc1. The number of carbonyl (C=O) groups excluding carboxylic acids is 1. The van der Waals surface area contributed by atoms with Gasteiger partial charge < -0.3 is 4.90 Å². The third-order valence-corrected chi connectivity index (χ3v) is 4.82. The van der Waals surface area contributed by atoms with Crippen molar-refractivity contribution in [2.45, 2.75) is 12.8 Å². The first kappa shape index (κ1) is 17.4. The first-order valence-electron chi connectivity index (χ1n) is 9.04. The molecule has 1 saturated heterocycles. The van der Waals surface area contributed by atoms with Gasteiger partial charge >= 0.3 is 0 Å². The van der Waals surface area contributed by atoms with E-state index in [0.29, 0.717) is 0 Å². The Kier molecular flexibility index (Phi) is 6.02. The smallest absolute Gasteiger partial charge is 0.253 e. The summed E-state index contributed by atoms with van der Waals surface area (Å²) in [4.78, 5) is 16.9. The van der Waals surface area contributed by atoms with Crippen LogP contribution in [0, 0.1) is 0 Å². The summed E-state index contributed by atoms with van der Waals surface area (Å²) in [5.41, 5.74) is 3.23. The highest BCUT2D eigenvalue weighted by atomic mass is 16.2. The standard InChI is InChI=1S/C22H26N2O/c1-19(20-10-4-2-5-11-20)9-8-14-23-15-17-24(18-16-23)22(25)21-12-6-3-7-13-21/h2-7,10-13H,1,8-9,14-18H2. The summed E-state index contributed by atoms with van der Waals surface area (Å²) in [6.07, 6.45) is 2.13. The van der Waals surface area contributed by atoms with Crippen LogP contribution in [0.25, 0.3) is 5.57 Å². The summed E-state index contributed by atoms with van der Waals surface area (Å²) >= 11 is 0. The molecular weight excluding hydrogens is 308 g/mol. The number of allylic oxidation sites excluding steroid dienone is 1. The quantitative estimate of drug-likeness (QED) is 0.799. The zero-order valence-corrected chi connectivity index (χ0v) is 14.7. The van der Waals surface area contributed by atoms with E-state index in [1.54, 1.807) is 0 Å². The van der Waals surface area contributed by atoms with Crippen molar-refractivity contribution in [3.63, 3.8) is 0 Å². The van der Waals surface area contributed by atoms with Crippen molar-refractivity contribution in [2.24, 2.45) is 0 Å². The van der Waals surface area contributed by atoms with E-state index in [-0.39, 0.29) is 5.91 Å². The van der Waals surface area contributed by atoms with Gasteiger partial charge in [0.15, 0.2) is 0 Å². The Bertz CT molecular complexity index is 686. The highest BCUT2D eigenvalue weighted by molar-refractivity contribution is 5.94. The summed E-state index contributed by atoms with van der Waals surface area (Å²) in [5, 5.41) is 0. The van der Waals surface area contributed by atoms with E-state index in [2.05, 4.69) is 35.7 Å². The average molecular weight is 334 g/mol. The minimum Gasteiger partial charge on any atom is -0.336 e. The van der Waals surface area contributed by atoms with Crippen LogP contribution in [0.3, 0.4) is 0 Å². The van der Waals surface area contributed by atoms with Crippen molar-refractivity contribution < 1.29 is 4.79 Å². The summed E-state index contributed by atoms with van der Waals surface area (Å²) in [6, 6.07) is 20.0. The normalized spacial score (nSPS) is 15.1. The van der Waals surface area contributed by atoms with Gasteiger partial charge in [0.2, 0.25) is 0 Å². The summed E-state index contributed by atoms with van der Waals surface area (Å²) in [6.45, 7) is 8.81. The lowest BCUT2D eigenvalue weighted by molar-refractivity contribution is 0.0636. The van der Waals surface area contributed by atoms with Gasteiger partial charge in [-0.15, -0.1) is 0 Å². The van der Waals surface area contributed by atoms with Crippen LogP contribution in [0.2, 0.25) is 0 Å². The Morgan fingerprint density at radius 2 is 1.40 bits per heavy atom. The zero-order valence-electron chi connectivity index (χ0n) is 14.7. The van der Waals surface area contributed by atoms with Crippen LogP contribution in [0.1, 0.15) is 28.8 Å². The molecule has 1 aliphatic rings. The Hall–Kier alpha value is -2.39. The van der Waals surface area contributed by atoms with Gasteiger partial charge in [-0.2, -0.15) is 0 Å². The fraction of sp³-hybridized carbons (Fsp3) is 0.318.